The van der Waals surface area contributed by atoms with Crippen molar-refractivity contribution in [1.82, 2.24) is 4.98 Å². The van der Waals surface area contributed by atoms with Gasteiger partial charge in [-0.25, -0.2) is 4.98 Å². The van der Waals surface area contributed by atoms with Crippen molar-refractivity contribution in [1.29, 1.82) is 0 Å². The number of aromatic nitrogens is 1. The summed E-state index contributed by atoms with van der Waals surface area (Å²) in [7, 11) is 0. The maximum Gasteiger partial charge on any atom is 0.202 e. The number of Topliss-reactive ketones (excluding diaryl/α,β-unsaturated/α-hetero) is 1. The molecule has 0 spiro atoms. The fourth-order valence-electron chi connectivity index (χ4n) is 2.05. The Hall–Kier alpha value is -1.88. The van der Waals surface area contributed by atoms with Gasteiger partial charge in [0.05, 0.1) is 18.4 Å². The number of hydrogen-bond donors (Lipinski definition) is 1. The van der Waals surface area contributed by atoms with Crippen LogP contribution in [-0.4, -0.2) is 16.8 Å². The quantitative estimate of drug-likeness (QED) is 0.844. The molecule has 5 heteroatoms. The van der Waals surface area contributed by atoms with Crippen molar-refractivity contribution < 1.29 is 13.6 Å². The first-order valence-electron chi connectivity index (χ1n) is 5.52. The number of oxazole rings is 1. The average molecular weight is 232 g/mol. The lowest BCUT2D eigenvalue weighted by atomic mass is 9.97. The summed E-state index contributed by atoms with van der Waals surface area (Å²) in [6.45, 7) is 0. The minimum absolute atomic E-state index is 0.0584. The van der Waals surface area contributed by atoms with Crippen LogP contribution in [0, 0.1) is 0 Å². The molecule has 3 rings (SSSR count). The van der Waals surface area contributed by atoms with Crippen LogP contribution in [0.25, 0.3) is 0 Å². The van der Waals surface area contributed by atoms with Crippen LogP contribution in [0.4, 0.5) is 0 Å². The van der Waals surface area contributed by atoms with Gasteiger partial charge in [-0.15, -0.1) is 0 Å². The van der Waals surface area contributed by atoms with Crippen molar-refractivity contribution in [3.8, 4) is 0 Å². The van der Waals surface area contributed by atoms with Crippen LogP contribution in [0.15, 0.2) is 27.2 Å². The van der Waals surface area contributed by atoms with Crippen LogP contribution in [0.2, 0.25) is 0 Å². The van der Waals surface area contributed by atoms with Gasteiger partial charge in [0, 0.05) is 18.9 Å². The SMILES string of the molecule is NC1CC(=O)c2oc(Cc3ccco3)nc2C1. The maximum atomic E-state index is 11.7. The van der Waals surface area contributed by atoms with E-state index in [1.165, 1.54) is 0 Å². The van der Waals surface area contributed by atoms with E-state index in [1.807, 2.05) is 6.07 Å². The van der Waals surface area contributed by atoms with Gasteiger partial charge in [-0.1, -0.05) is 0 Å². The topological polar surface area (TPSA) is 82.3 Å². The average Bonchev–Trinajstić information content (AvgIpc) is 2.87. The van der Waals surface area contributed by atoms with Crippen molar-refractivity contribution in [3.05, 3.63) is 41.5 Å². The van der Waals surface area contributed by atoms with E-state index < -0.39 is 0 Å². The molecule has 0 radical (unpaired) electrons. The highest BCUT2D eigenvalue weighted by atomic mass is 16.4. The number of carbonyl (C=O) groups is 1. The molecule has 2 aromatic heterocycles. The predicted molar refractivity (Wildman–Crippen MR) is 58.6 cm³/mol. The molecule has 0 saturated heterocycles. The van der Waals surface area contributed by atoms with E-state index in [2.05, 4.69) is 4.98 Å². The number of carbonyl (C=O) groups excluding carboxylic acids is 1. The summed E-state index contributed by atoms with van der Waals surface area (Å²) in [5.41, 5.74) is 6.44. The Bertz CT molecular complexity index is 542. The largest absolute Gasteiger partial charge is 0.469 e. The Morgan fingerprint density at radius 2 is 2.35 bits per heavy atom. The molecule has 0 bridgehead atoms. The van der Waals surface area contributed by atoms with E-state index in [-0.39, 0.29) is 11.8 Å². The second-order valence-corrected chi connectivity index (χ2v) is 4.23. The lowest BCUT2D eigenvalue weighted by Crippen LogP contribution is -2.31. The third-order valence-electron chi connectivity index (χ3n) is 2.80. The fraction of sp³-hybridized carbons (Fsp3) is 0.333. The molecule has 5 nitrogen and oxygen atoms in total. The summed E-state index contributed by atoms with van der Waals surface area (Å²) >= 11 is 0. The molecule has 88 valence electrons. The molecule has 17 heavy (non-hydrogen) atoms. The van der Waals surface area contributed by atoms with Gasteiger partial charge in [0.15, 0.2) is 5.76 Å². The minimum atomic E-state index is -0.142. The lowest BCUT2D eigenvalue weighted by molar-refractivity contribution is 0.0934. The zero-order valence-corrected chi connectivity index (χ0v) is 9.18. The molecule has 0 saturated carbocycles. The van der Waals surface area contributed by atoms with E-state index in [9.17, 15) is 4.79 Å². The Morgan fingerprint density at radius 3 is 3.12 bits per heavy atom. The zero-order valence-electron chi connectivity index (χ0n) is 9.18. The molecule has 0 fully saturated rings. The molecular formula is C12H12N2O3. The first-order chi connectivity index (χ1) is 8.22. The number of nitrogens with zero attached hydrogens (tertiary/aromatic N) is 1. The summed E-state index contributed by atoms with van der Waals surface area (Å²) in [5, 5.41) is 0. The van der Waals surface area contributed by atoms with Gasteiger partial charge in [-0.3, -0.25) is 4.79 Å². The predicted octanol–water partition coefficient (Wildman–Crippen LogP) is 1.31. The summed E-state index contributed by atoms with van der Waals surface area (Å²) in [6.07, 6.45) is 2.99. The Labute approximate surface area is 97.6 Å². The van der Waals surface area contributed by atoms with E-state index in [1.54, 1.807) is 12.3 Å². The van der Waals surface area contributed by atoms with Crippen LogP contribution in [0.3, 0.4) is 0 Å². The number of rotatable bonds is 2. The first-order valence-corrected chi connectivity index (χ1v) is 5.52. The van der Waals surface area contributed by atoms with Crippen molar-refractivity contribution in [2.24, 2.45) is 5.73 Å². The normalized spacial score (nSPS) is 19.4. The lowest BCUT2D eigenvalue weighted by Gasteiger charge is -2.13. The second-order valence-electron chi connectivity index (χ2n) is 4.23. The Kier molecular flexibility index (Phi) is 2.33. The van der Waals surface area contributed by atoms with Gasteiger partial charge in [-0.2, -0.15) is 0 Å². The van der Waals surface area contributed by atoms with Gasteiger partial charge in [0.2, 0.25) is 11.7 Å². The molecule has 2 aromatic rings. The molecule has 1 aliphatic carbocycles. The second kappa shape index (κ2) is 3.85. The number of furan rings is 1. The van der Waals surface area contributed by atoms with Crippen molar-refractivity contribution >= 4 is 5.78 Å². The molecule has 1 aliphatic rings. The third kappa shape index (κ3) is 1.89. The number of ketones is 1. The van der Waals surface area contributed by atoms with Crippen LogP contribution < -0.4 is 5.73 Å². The molecular weight excluding hydrogens is 220 g/mol. The van der Waals surface area contributed by atoms with Gasteiger partial charge >= 0.3 is 0 Å². The highest BCUT2D eigenvalue weighted by Gasteiger charge is 2.28. The number of nitrogens with two attached hydrogens (primary N) is 1. The maximum absolute atomic E-state index is 11.7. The van der Waals surface area contributed by atoms with Crippen LogP contribution in [0.5, 0.6) is 0 Å². The molecule has 1 unspecified atom stereocenters. The smallest absolute Gasteiger partial charge is 0.202 e. The number of hydrogen-bond acceptors (Lipinski definition) is 5. The molecule has 2 N–H and O–H groups in total. The van der Waals surface area contributed by atoms with Crippen molar-refractivity contribution in [3.63, 3.8) is 0 Å². The van der Waals surface area contributed by atoms with Crippen molar-refractivity contribution in [2.45, 2.75) is 25.3 Å². The van der Waals surface area contributed by atoms with E-state index in [0.717, 1.165) is 5.76 Å². The molecule has 0 aromatic carbocycles. The van der Waals surface area contributed by atoms with Crippen molar-refractivity contribution in [2.75, 3.05) is 0 Å². The summed E-state index contributed by atoms with van der Waals surface area (Å²) in [4.78, 5) is 16.0. The molecule has 2 heterocycles. The Balaban J connectivity index is 1.89. The van der Waals surface area contributed by atoms with Gasteiger partial charge in [-0.05, 0) is 12.1 Å². The molecule has 0 amide bonds. The Morgan fingerprint density at radius 1 is 1.47 bits per heavy atom. The summed E-state index contributed by atoms with van der Waals surface area (Å²) < 4.78 is 10.7. The van der Waals surface area contributed by atoms with Gasteiger partial charge in [0.25, 0.3) is 0 Å². The van der Waals surface area contributed by atoms with E-state index in [0.29, 0.717) is 36.6 Å². The highest BCUT2D eigenvalue weighted by molar-refractivity contribution is 5.95. The number of fused-ring (bicyclic) bond motifs is 1. The molecule has 1 atom stereocenters. The first kappa shape index (κ1) is 10.3. The van der Waals surface area contributed by atoms with Gasteiger partial charge < -0.3 is 14.6 Å². The zero-order chi connectivity index (χ0) is 11.8. The van der Waals surface area contributed by atoms with E-state index >= 15 is 0 Å². The van der Waals surface area contributed by atoms with Crippen LogP contribution >= 0.6 is 0 Å². The fourth-order valence-corrected chi connectivity index (χ4v) is 2.05. The van der Waals surface area contributed by atoms with Crippen LogP contribution in [0.1, 0.15) is 34.3 Å². The van der Waals surface area contributed by atoms with Gasteiger partial charge in [0.1, 0.15) is 5.76 Å². The van der Waals surface area contributed by atoms with E-state index in [4.69, 9.17) is 14.6 Å². The van der Waals surface area contributed by atoms with Crippen LogP contribution in [-0.2, 0) is 12.8 Å². The third-order valence-corrected chi connectivity index (χ3v) is 2.80. The highest BCUT2D eigenvalue weighted by Crippen LogP contribution is 2.22. The molecule has 0 aliphatic heterocycles. The summed E-state index contributed by atoms with van der Waals surface area (Å²) in [6, 6.07) is 3.51. The minimum Gasteiger partial charge on any atom is -0.469 e. The summed E-state index contributed by atoms with van der Waals surface area (Å²) in [5.74, 6) is 1.58. The monoisotopic (exact) mass is 232 g/mol. The standard InChI is InChI=1S/C12H12N2O3/c13-7-4-9-12(10(15)5-7)17-11(14-9)6-8-2-1-3-16-8/h1-3,7H,4-6,13H2.